The molecule has 1 heterocycles. The van der Waals surface area contributed by atoms with Gasteiger partial charge in [0.1, 0.15) is 10.8 Å². The van der Waals surface area contributed by atoms with Gasteiger partial charge < -0.3 is 14.8 Å². The molecule has 0 radical (unpaired) electrons. The van der Waals surface area contributed by atoms with Crippen LogP contribution < -0.4 is 15.5 Å². The number of methoxy groups -OCH3 is 1. The van der Waals surface area contributed by atoms with E-state index in [0.717, 1.165) is 36.1 Å². The number of thiophene rings is 1. The molecule has 3 aromatic rings. The van der Waals surface area contributed by atoms with E-state index >= 15 is 0 Å². The summed E-state index contributed by atoms with van der Waals surface area (Å²) in [6.07, 6.45) is 3.50. The Morgan fingerprint density at radius 1 is 0.865 bits per heavy atom. The summed E-state index contributed by atoms with van der Waals surface area (Å²) in [5.41, 5.74) is 4.95. The molecule has 9 nitrogen and oxygen atoms in total. The van der Waals surface area contributed by atoms with Crippen LogP contribution in [0, 0.1) is 0 Å². The van der Waals surface area contributed by atoms with E-state index in [1.54, 1.807) is 55.5 Å². The first-order chi connectivity index (χ1) is 17.9. The smallest absolute Gasteiger partial charge is 0.343 e. The molecule has 0 spiro atoms. The average Bonchev–Trinajstić information content (AvgIpc) is 3.29. The fourth-order valence-electron chi connectivity index (χ4n) is 3.89. The summed E-state index contributed by atoms with van der Waals surface area (Å²) in [6, 6.07) is 15.2. The van der Waals surface area contributed by atoms with E-state index in [1.807, 2.05) is 6.07 Å². The normalized spacial score (nSPS) is 12.8. The number of carbonyl (C=O) groups excluding carboxylic acids is 4. The highest BCUT2D eigenvalue weighted by Gasteiger charge is 2.28. The van der Waals surface area contributed by atoms with Gasteiger partial charge in [-0.2, -0.15) is 5.10 Å². The molecule has 4 rings (SSSR count). The van der Waals surface area contributed by atoms with Crippen LogP contribution in [0.3, 0.4) is 0 Å². The number of benzene rings is 2. The molecule has 0 fully saturated rings. The molecule has 1 aromatic heterocycles. The zero-order chi connectivity index (χ0) is 26.4. The van der Waals surface area contributed by atoms with Gasteiger partial charge >= 0.3 is 23.8 Å². The number of amides is 2. The number of hydrazone groups is 1. The van der Waals surface area contributed by atoms with Gasteiger partial charge in [0.25, 0.3) is 0 Å². The number of fused-ring (bicyclic) bond motifs is 1. The van der Waals surface area contributed by atoms with Crippen molar-refractivity contribution in [3.8, 4) is 5.75 Å². The Bertz CT molecular complexity index is 1360. The number of hydrogen-bond donors (Lipinski definition) is 2. The van der Waals surface area contributed by atoms with Crippen molar-refractivity contribution < 1.29 is 28.7 Å². The van der Waals surface area contributed by atoms with Crippen LogP contribution in [0.2, 0.25) is 0 Å². The van der Waals surface area contributed by atoms with Gasteiger partial charge in [-0.15, -0.1) is 11.3 Å². The molecular formula is C27H25N3O6S. The Hall–Kier alpha value is -4.31. The molecule has 190 valence electrons. The van der Waals surface area contributed by atoms with Crippen molar-refractivity contribution in [1.82, 2.24) is 5.43 Å². The fraction of sp³-hybridized carbons (Fsp3) is 0.222. The van der Waals surface area contributed by atoms with Crippen LogP contribution in [0.5, 0.6) is 5.75 Å². The molecule has 37 heavy (non-hydrogen) atoms. The molecule has 1 aliphatic rings. The number of ether oxygens (including phenoxy) is 2. The molecule has 10 heteroatoms. The molecule has 0 saturated carbocycles. The average molecular weight is 520 g/mol. The molecule has 0 saturated heterocycles. The number of hydrogen-bond acceptors (Lipinski definition) is 8. The summed E-state index contributed by atoms with van der Waals surface area (Å²) in [5, 5.41) is 6.83. The van der Waals surface area contributed by atoms with Gasteiger partial charge in [0, 0.05) is 4.88 Å². The highest BCUT2D eigenvalue weighted by atomic mass is 32.1. The zero-order valence-electron chi connectivity index (χ0n) is 20.3. The molecule has 1 aliphatic carbocycles. The number of esters is 2. The maximum Gasteiger partial charge on any atom is 0.343 e. The Kier molecular flexibility index (Phi) is 8.09. The van der Waals surface area contributed by atoms with Crippen molar-refractivity contribution in [2.24, 2.45) is 5.10 Å². The summed E-state index contributed by atoms with van der Waals surface area (Å²) >= 11 is 1.29. The van der Waals surface area contributed by atoms with Gasteiger partial charge in [0.15, 0.2) is 0 Å². The van der Waals surface area contributed by atoms with Gasteiger partial charge in [-0.05, 0) is 80.1 Å². The van der Waals surface area contributed by atoms with Crippen LogP contribution in [0.1, 0.15) is 56.5 Å². The van der Waals surface area contributed by atoms with Crippen molar-refractivity contribution in [3.05, 3.63) is 81.7 Å². The maximum atomic E-state index is 12.5. The highest BCUT2D eigenvalue weighted by molar-refractivity contribution is 7.17. The van der Waals surface area contributed by atoms with E-state index in [-0.39, 0.29) is 0 Å². The minimum atomic E-state index is -0.977. The number of nitrogens with zero attached hydrogens (tertiary/aromatic N) is 1. The third-order valence-corrected chi connectivity index (χ3v) is 7.02. The van der Waals surface area contributed by atoms with Crippen LogP contribution in [-0.4, -0.2) is 36.6 Å². The second-order valence-corrected chi connectivity index (χ2v) is 9.38. The standard InChI is InChI=1S/C27H25N3O6S/c1-16(17-12-14-19(15-13-17)36-26(33)18-8-4-3-5-9-18)29-30-24(32)23(31)28-25-22(27(34)35-2)20-10-6-7-11-21(20)37-25/h3-5,8-9,12-15H,6-7,10-11H2,1-2H3,(H,28,31)(H,30,32)/b29-16+. The van der Waals surface area contributed by atoms with E-state index in [0.29, 0.717) is 33.2 Å². The highest BCUT2D eigenvalue weighted by Crippen LogP contribution is 2.38. The molecule has 2 N–H and O–H groups in total. The number of carbonyl (C=O) groups is 4. The Labute approximate surface area is 217 Å². The molecule has 0 bridgehead atoms. The monoisotopic (exact) mass is 519 g/mol. The number of aryl methyl sites for hydroxylation is 1. The molecular weight excluding hydrogens is 494 g/mol. The van der Waals surface area contributed by atoms with Crippen molar-refractivity contribution in [3.63, 3.8) is 0 Å². The predicted octanol–water partition coefficient (Wildman–Crippen LogP) is 4.11. The molecule has 2 aromatic carbocycles. The topological polar surface area (TPSA) is 123 Å². The SMILES string of the molecule is COC(=O)c1c(NC(=O)C(=O)N/N=C(\C)c2ccc(OC(=O)c3ccccc3)cc2)sc2c1CCCC2. The van der Waals surface area contributed by atoms with Crippen LogP contribution in [0.4, 0.5) is 5.00 Å². The summed E-state index contributed by atoms with van der Waals surface area (Å²) < 4.78 is 10.2. The third kappa shape index (κ3) is 6.10. The first kappa shape index (κ1) is 25.8. The molecule has 2 amide bonds. The summed E-state index contributed by atoms with van der Waals surface area (Å²) in [7, 11) is 1.28. The predicted molar refractivity (Wildman–Crippen MR) is 139 cm³/mol. The van der Waals surface area contributed by atoms with Crippen LogP contribution >= 0.6 is 11.3 Å². The minimum Gasteiger partial charge on any atom is -0.465 e. The number of anilines is 1. The van der Waals surface area contributed by atoms with Crippen molar-refractivity contribution in [2.75, 3.05) is 12.4 Å². The minimum absolute atomic E-state index is 0.306. The van der Waals surface area contributed by atoms with E-state index in [2.05, 4.69) is 15.8 Å². The Morgan fingerprint density at radius 3 is 2.27 bits per heavy atom. The third-order valence-electron chi connectivity index (χ3n) is 5.81. The van der Waals surface area contributed by atoms with Crippen molar-refractivity contribution in [2.45, 2.75) is 32.6 Å². The molecule has 0 atom stereocenters. The zero-order valence-corrected chi connectivity index (χ0v) is 21.1. The lowest BCUT2D eigenvalue weighted by molar-refractivity contribution is -0.136. The van der Waals surface area contributed by atoms with Crippen LogP contribution in [-0.2, 0) is 27.2 Å². The second kappa shape index (κ2) is 11.6. The van der Waals surface area contributed by atoms with Gasteiger partial charge in [0.2, 0.25) is 0 Å². The first-order valence-corrected chi connectivity index (χ1v) is 12.4. The van der Waals surface area contributed by atoms with E-state index < -0.39 is 23.8 Å². The van der Waals surface area contributed by atoms with Crippen molar-refractivity contribution in [1.29, 1.82) is 0 Å². The van der Waals surface area contributed by atoms with Gasteiger partial charge in [0.05, 0.1) is 23.9 Å². The summed E-state index contributed by atoms with van der Waals surface area (Å²) in [5.74, 6) is -2.58. The van der Waals surface area contributed by atoms with Crippen LogP contribution in [0.25, 0.3) is 0 Å². The largest absolute Gasteiger partial charge is 0.465 e. The lowest BCUT2D eigenvalue weighted by atomic mass is 9.95. The van der Waals surface area contributed by atoms with E-state index in [4.69, 9.17) is 9.47 Å². The van der Waals surface area contributed by atoms with E-state index in [9.17, 15) is 19.2 Å². The van der Waals surface area contributed by atoms with Gasteiger partial charge in [-0.25, -0.2) is 15.0 Å². The maximum absolute atomic E-state index is 12.5. The number of rotatable bonds is 6. The molecule has 0 unspecified atom stereocenters. The lowest BCUT2D eigenvalue weighted by Gasteiger charge is -2.11. The summed E-state index contributed by atoms with van der Waals surface area (Å²) in [6.45, 7) is 1.66. The van der Waals surface area contributed by atoms with Gasteiger partial charge in [-0.3, -0.25) is 9.59 Å². The molecule has 0 aliphatic heterocycles. The second-order valence-electron chi connectivity index (χ2n) is 8.28. The van der Waals surface area contributed by atoms with E-state index in [1.165, 1.54) is 18.4 Å². The fourth-order valence-corrected chi connectivity index (χ4v) is 5.16. The Morgan fingerprint density at radius 2 is 1.57 bits per heavy atom. The quantitative estimate of drug-likeness (QED) is 0.166. The van der Waals surface area contributed by atoms with Crippen LogP contribution in [0.15, 0.2) is 59.7 Å². The summed E-state index contributed by atoms with van der Waals surface area (Å²) in [4.78, 5) is 50.4. The number of nitrogens with one attached hydrogen (secondary N) is 2. The first-order valence-electron chi connectivity index (χ1n) is 11.6. The van der Waals surface area contributed by atoms with Gasteiger partial charge in [-0.1, -0.05) is 18.2 Å². The lowest BCUT2D eigenvalue weighted by Crippen LogP contribution is -2.33. The van der Waals surface area contributed by atoms with Crippen molar-refractivity contribution >= 4 is 45.8 Å². The Balaban J connectivity index is 1.37.